The summed E-state index contributed by atoms with van der Waals surface area (Å²) in [6, 6.07) is -2.70. The van der Waals surface area contributed by atoms with Gasteiger partial charge in [0.25, 0.3) is 6.47 Å². The SMILES string of the molecule is CCCCCCCCCCCCCCCC(=O)NC(COC=O)C(=O)NC(CCC(=O)O)C(=O)O. The molecule has 0 rings (SSSR count). The number of carbonyl (C=O) groups is 5. The minimum atomic E-state index is -1.43. The predicted octanol–water partition coefficient (Wildman–Crippen LogP) is 3.56. The van der Waals surface area contributed by atoms with E-state index in [1.807, 2.05) is 0 Å². The van der Waals surface area contributed by atoms with E-state index >= 15 is 0 Å². The van der Waals surface area contributed by atoms with E-state index in [0.29, 0.717) is 6.42 Å². The number of hydrogen-bond acceptors (Lipinski definition) is 6. The molecule has 0 heterocycles. The van der Waals surface area contributed by atoms with E-state index in [0.717, 1.165) is 19.3 Å². The van der Waals surface area contributed by atoms with Gasteiger partial charge in [-0.15, -0.1) is 0 Å². The molecule has 2 unspecified atom stereocenters. The number of rotatable bonds is 24. The first kappa shape index (κ1) is 32.4. The van der Waals surface area contributed by atoms with Crippen LogP contribution in [0.1, 0.15) is 110 Å². The van der Waals surface area contributed by atoms with Gasteiger partial charge in [0, 0.05) is 12.8 Å². The third kappa shape index (κ3) is 19.4. The summed E-state index contributed by atoms with van der Waals surface area (Å²) in [6.45, 7) is 1.89. The minimum Gasteiger partial charge on any atom is -0.481 e. The fraction of sp³-hybridized carbons (Fsp3) is 0.800. The van der Waals surface area contributed by atoms with Gasteiger partial charge in [-0.25, -0.2) is 4.79 Å². The van der Waals surface area contributed by atoms with Gasteiger partial charge in [0.15, 0.2) is 0 Å². The number of carboxylic acids is 2. The van der Waals surface area contributed by atoms with Gasteiger partial charge in [-0.05, 0) is 12.8 Å². The van der Waals surface area contributed by atoms with Gasteiger partial charge in [-0.1, -0.05) is 84.0 Å². The van der Waals surface area contributed by atoms with Crippen LogP contribution in [0.3, 0.4) is 0 Å². The van der Waals surface area contributed by atoms with Gasteiger partial charge in [0.1, 0.15) is 18.7 Å². The standard InChI is InChI=1S/C25H44N2O8/c1-2-3-4-5-6-7-8-9-10-11-12-13-14-15-22(29)26-21(18-35-19-28)24(32)27-20(25(33)34)16-17-23(30)31/h19-21H,2-18H2,1H3,(H,26,29)(H,27,32)(H,30,31)(H,33,34). The molecule has 2 atom stereocenters. The van der Waals surface area contributed by atoms with E-state index in [1.165, 1.54) is 57.8 Å². The predicted molar refractivity (Wildman–Crippen MR) is 131 cm³/mol. The smallest absolute Gasteiger partial charge is 0.326 e. The van der Waals surface area contributed by atoms with Crippen molar-refractivity contribution in [3.8, 4) is 0 Å². The Hall–Kier alpha value is -2.65. The molecular formula is C25H44N2O8. The highest BCUT2D eigenvalue weighted by molar-refractivity contribution is 5.90. The average Bonchev–Trinajstić information content (AvgIpc) is 2.81. The third-order valence-electron chi connectivity index (χ3n) is 5.75. The summed E-state index contributed by atoms with van der Waals surface area (Å²) in [4.78, 5) is 57.1. The molecule has 0 saturated carbocycles. The van der Waals surface area contributed by atoms with Crippen LogP contribution in [-0.4, -0.2) is 59.1 Å². The van der Waals surface area contributed by atoms with Crippen LogP contribution in [0.15, 0.2) is 0 Å². The van der Waals surface area contributed by atoms with Crippen LogP contribution < -0.4 is 10.6 Å². The fourth-order valence-electron chi connectivity index (χ4n) is 3.69. The van der Waals surface area contributed by atoms with Crippen LogP contribution in [0.25, 0.3) is 0 Å². The minimum absolute atomic E-state index is 0.123. The largest absolute Gasteiger partial charge is 0.481 e. The maximum absolute atomic E-state index is 12.4. The van der Waals surface area contributed by atoms with Crippen molar-refractivity contribution in [2.75, 3.05) is 6.61 Å². The highest BCUT2D eigenvalue weighted by Gasteiger charge is 2.27. The Balaban J connectivity index is 4.16. The second-order valence-electron chi connectivity index (χ2n) is 8.87. The molecule has 0 aliphatic heterocycles. The van der Waals surface area contributed by atoms with Gasteiger partial charge in [0.2, 0.25) is 11.8 Å². The maximum Gasteiger partial charge on any atom is 0.326 e. The van der Waals surface area contributed by atoms with E-state index in [9.17, 15) is 29.1 Å². The van der Waals surface area contributed by atoms with Crippen LogP contribution in [0.4, 0.5) is 0 Å². The van der Waals surface area contributed by atoms with Crippen LogP contribution in [0.5, 0.6) is 0 Å². The molecule has 4 N–H and O–H groups in total. The number of unbranched alkanes of at least 4 members (excludes halogenated alkanes) is 12. The molecule has 0 bridgehead atoms. The van der Waals surface area contributed by atoms with Crippen molar-refractivity contribution in [3.63, 3.8) is 0 Å². The zero-order valence-electron chi connectivity index (χ0n) is 21.1. The average molecular weight is 501 g/mol. The van der Waals surface area contributed by atoms with E-state index < -0.39 is 48.9 Å². The molecule has 0 fully saturated rings. The fourth-order valence-corrected chi connectivity index (χ4v) is 3.69. The lowest BCUT2D eigenvalue weighted by molar-refractivity contribution is -0.144. The summed E-state index contributed by atoms with van der Waals surface area (Å²) in [5.74, 6) is -3.85. The highest BCUT2D eigenvalue weighted by Crippen LogP contribution is 2.13. The molecule has 0 aromatic rings. The Morgan fingerprint density at radius 3 is 1.71 bits per heavy atom. The topological polar surface area (TPSA) is 159 Å². The number of carboxylic acid groups (broad SMARTS) is 2. The summed E-state index contributed by atoms with van der Waals surface area (Å²) in [6.07, 6.45) is 14.8. The van der Waals surface area contributed by atoms with Crippen LogP contribution in [-0.2, 0) is 28.7 Å². The third-order valence-corrected chi connectivity index (χ3v) is 5.75. The van der Waals surface area contributed by atoms with E-state index in [4.69, 9.17) is 5.11 Å². The first-order valence-corrected chi connectivity index (χ1v) is 12.9. The van der Waals surface area contributed by atoms with Crippen LogP contribution >= 0.6 is 0 Å². The summed E-state index contributed by atoms with van der Waals surface area (Å²) in [5, 5.41) is 22.5. The van der Waals surface area contributed by atoms with Crippen LogP contribution in [0.2, 0.25) is 0 Å². The molecule has 10 heteroatoms. The molecule has 0 saturated heterocycles. The summed E-state index contributed by atoms with van der Waals surface area (Å²) in [7, 11) is 0. The van der Waals surface area contributed by atoms with Gasteiger partial charge in [0.05, 0.1) is 0 Å². The van der Waals surface area contributed by atoms with Crippen molar-refractivity contribution in [2.24, 2.45) is 0 Å². The number of ether oxygens (including phenoxy) is 1. The summed E-state index contributed by atoms with van der Waals surface area (Å²) in [5.41, 5.74) is 0. The van der Waals surface area contributed by atoms with Gasteiger partial charge in [-0.3, -0.25) is 19.2 Å². The summed E-state index contributed by atoms with van der Waals surface area (Å²) < 4.78 is 4.58. The molecule has 0 aliphatic rings. The van der Waals surface area contributed by atoms with E-state index in [2.05, 4.69) is 22.3 Å². The Morgan fingerprint density at radius 2 is 1.26 bits per heavy atom. The first-order valence-electron chi connectivity index (χ1n) is 12.9. The molecule has 0 aromatic carbocycles. The van der Waals surface area contributed by atoms with Crippen molar-refractivity contribution in [3.05, 3.63) is 0 Å². The number of amides is 2. The number of nitrogens with one attached hydrogen (secondary N) is 2. The second-order valence-corrected chi connectivity index (χ2v) is 8.87. The number of aliphatic carboxylic acids is 2. The molecule has 202 valence electrons. The first-order chi connectivity index (χ1) is 16.8. The molecule has 2 amide bonds. The van der Waals surface area contributed by atoms with Crippen molar-refractivity contribution in [1.82, 2.24) is 10.6 Å². The lowest BCUT2D eigenvalue weighted by Crippen LogP contribution is -2.53. The normalized spacial score (nSPS) is 12.4. The molecule has 10 nitrogen and oxygen atoms in total. The van der Waals surface area contributed by atoms with Crippen molar-refractivity contribution in [2.45, 2.75) is 122 Å². The summed E-state index contributed by atoms with van der Waals surface area (Å²) >= 11 is 0. The zero-order valence-corrected chi connectivity index (χ0v) is 21.1. The quantitative estimate of drug-likeness (QED) is 0.116. The number of carbonyl (C=O) groups excluding carboxylic acids is 3. The molecular weight excluding hydrogens is 456 g/mol. The van der Waals surface area contributed by atoms with Gasteiger partial charge < -0.3 is 25.6 Å². The molecule has 0 aliphatic carbocycles. The van der Waals surface area contributed by atoms with Crippen molar-refractivity contribution < 1.29 is 38.9 Å². The number of hydrogen-bond donors (Lipinski definition) is 4. The van der Waals surface area contributed by atoms with E-state index in [1.54, 1.807) is 0 Å². The highest BCUT2D eigenvalue weighted by atomic mass is 16.5. The second kappa shape index (κ2) is 21.9. The molecule has 0 aromatic heterocycles. The molecule has 35 heavy (non-hydrogen) atoms. The Labute approximate surface area is 208 Å². The van der Waals surface area contributed by atoms with Crippen molar-refractivity contribution >= 4 is 30.2 Å². The zero-order chi connectivity index (χ0) is 26.3. The Morgan fingerprint density at radius 1 is 0.743 bits per heavy atom. The lowest BCUT2D eigenvalue weighted by Gasteiger charge is -2.20. The van der Waals surface area contributed by atoms with E-state index in [-0.39, 0.29) is 19.3 Å². The van der Waals surface area contributed by atoms with Gasteiger partial charge in [-0.2, -0.15) is 0 Å². The lowest BCUT2D eigenvalue weighted by atomic mass is 10.0. The monoisotopic (exact) mass is 500 g/mol. The molecule has 0 spiro atoms. The Kier molecular flexibility index (Phi) is 20.2. The van der Waals surface area contributed by atoms with Crippen LogP contribution in [0, 0.1) is 0 Å². The maximum atomic E-state index is 12.4. The van der Waals surface area contributed by atoms with Gasteiger partial charge >= 0.3 is 11.9 Å². The Bertz CT molecular complexity index is 627. The molecule has 0 radical (unpaired) electrons. The van der Waals surface area contributed by atoms with Crippen molar-refractivity contribution in [1.29, 1.82) is 0 Å².